The highest BCUT2D eigenvalue weighted by molar-refractivity contribution is 4.48. The van der Waals surface area contributed by atoms with Crippen LogP contribution in [-0.4, -0.2) is 51.4 Å². The molecule has 4 nitrogen and oxygen atoms in total. The van der Waals surface area contributed by atoms with E-state index in [0.717, 1.165) is 13.0 Å². The fraction of sp³-hybridized carbons (Fsp3) is 1.00. The summed E-state index contributed by atoms with van der Waals surface area (Å²) >= 11 is 0. The molecular weight excluding hydrogens is 306 g/mol. The Labute approximate surface area is 150 Å². The second kappa shape index (κ2) is 22.8. The molecule has 0 heterocycles. The number of aliphatic hydroxyl groups is 1. The van der Waals surface area contributed by atoms with E-state index >= 15 is 0 Å². The van der Waals surface area contributed by atoms with Gasteiger partial charge in [-0.3, -0.25) is 0 Å². The van der Waals surface area contributed by atoms with E-state index in [1.54, 1.807) is 0 Å². The second-order valence-electron chi connectivity index (χ2n) is 6.45. The van der Waals surface area contributed by atoms with E-state index in [-0.39, 0.29) is 6.61 Å². The molecule has 0 bridgehead atoms. The Kier molecular flexibility index (Phi) is 22.7. The number of aliphatic hydroxyl groups excluding tert-OH is 1. The van der Waals surface area contributed by atoms with Gasteiger partial charge in [0.25, 0.3) is 0 Å². The maximum Gasteiger partial charge on any atom is 0.0701 e. The molecule has 0 atom stereocenters. The van der Waals surface area contributed by atoms with Gasteiger partial charge >= 0.3 is 0 Å². The third kappa shape index (κ3) is 21.8. The molecule has 0 aromatic rings. The molecule has 4 heteroatoms. The van der Waals surface area contributed by atoms with Crippen molar-refractivity contribution in [1.29, 1.82) is 0 Å². The Morgan fingerprint density at radius 1 is 0.542 bits per heavy atom. The molecule has 0 unspecified atom stereocenters. The Hall–Kier alpha value is -0.160. The van der Waals surface area contributed by atoms with Crippen molar-refractivity contribution in [2.75, 3.05) is 46.2 Å². The average molecular weight is 349 g/mol. The van der Waals surface area contributed by atoms with Gasteiger partial charge in [0, 0.05) is 6.61 Å². The van der Waals surface area contributed by atoms with Crippen LogP contribution in [0, 0.1) is 0 Å². The van der Waals surface area contributed by atoms with Crippen molar-refractivity contribution < 1.29 is 19.3 Å². The largest absolute Gasteiger partial charge is 0.394 e. The summed E-state index contributed by atoms with van der Waals surface area (Å²) in [6, 6.07) is 0. The number of unbranched alkanes of at least 4 members (excludes halogenated alkanes) is 11. The third-order valence-corrected chi connectivity index (χ3v) is 4.12. The van der Waals surface area contributed by atoms with Crippen molar-refractivity contribution in [1.82, 2.24) is 0 Å². The molecule has 24 heavy (non-hydrogen) atoms. The van der Waals surface area contributed by atoms with Gasteiger partial charge in [-0.15, -0.1) is 0 Å². The van der Waals surface area contributed by atoms with Crippen LogP contribution in [0.5, 0.6) is 0 Å². The summed E-state index contributed by atoms with van der Waals surface area (Å²) in [5, 5.41) is 8.53. The number of hydrogen-bond donors (Lipinski definition) is 1. The molecular formula is C20H42O4. The van der Waals surface area contributed by atoms with Gasteiger partial charge in [-0.25, -0.2) is 0 Å². The summed E-state index contributed by atoms with van der Waals surface area (Å²) in [7, 11) is 0. The molecule has 0 saturated heterocycles. The Morgan fingerprint density at radius 3 is 1.46 bits per heavy atom. The molecule has 0 radical (unpaired) electrons. The van der Waals surface area contributed by atoms with Gasteiger partial charge in [0.1, 0.15) is 0 Å². The van der Waals surface area contributed by atoms with Crippen molar-refractivity contribution in [3.8, 4) is 0 Å². The van der Waals surface area contributed by atoms with Crippen molar-refractivity contribution in [2.45, 2.75) is 84.0 Å². The number of ether oxygens (including phenoxy) is 3. The summed E-state index contributed by atoms with van der Waals surface area (Å²) < 4.78 is 16.0. The lowest BCUT2D eigenvalue weighted by Gasteiger charge is -2.06. The maximum absolute atomic E-state index is 8.53. The molecule has 0 aromatic carbocycles. The smallest absolute Gasteiger partial charge is 0.0701 e. The van der Waals surface area contributed by atoms with Gasteiger partial charge in [0.2, 0.25) is 0 Å². The van der Waals surface area contributed by atoms with Crippen molar-refractivity contribution in [3.05, 3.63) is 0 Å². The van der Waals surface area contributed by atoms with Crippen molar-refractivity contribution >= 4 is 0 Å². The summed E-state index contributed by atoms with van der Waals surface area (Å²) in [5.74, 6) is 0. The third-order valence-electron chi connectivity index (χ3n) is 4.12. The van der Waals surface area contributed by atoms with Crippen LogP contribution >= 0.6 is 0 Å². The van der Waals surface area contributed by atoms with Crippen molar-refractivity contribution in [3.63, 3.8) is 0 Å². The molecule has 0 aliphatic carbocycles. The monoisotopic (exact) mass is 348 g/mol. The second-order valence-corrected chi connectivity index (χ2v) is 6.45. The minimum absolute atomic E-state index is 0.0716. The van der Waals surface area contributed by atoms with E-state index in [0.29, 0.717) is 33.0 Å². The van der Waals surface area contributed by atoms with E-state index in [4.69, 9.17) is 19.3 Å². The van der Waals surface area contributed by atoms with Crippen LogP contribution in [-0.2, 0) is 14.2 Å². The van der Waals surface area contributed by atoms with E-state index in [1.807, 2.05) is 0 Å². The Bertz CT molecular complexity index is 190. The molecule has 0 aliphatic rings. The average Bonchev–Trinajstić information content (AvgIpc) is 2.60. The highest BCUT2D eigenvalue weighted by Crippen LogP contribution is 2.11. The predicted octanol–water partition coefficient (Wildman–Crippen LogP) is 4.73. The normalized spacial score (nSPS) is 11.2. The van der Waals surface area contributed by atoms with Gasteiger partial charge in [0.05, 0.1) is 39.6 Å². The van der Waals surface area contributed by atoms with Crippen LogP contribution in [0.1, 0.15) is 84.0 Å². The molecule has 0 saturated carbocycles. The summed E-state index contributed by atoms with van der Waals surface area (Å²) in [6.07, 6.45) is 16.5. The first-order valence-corrected chi connectivity index (χ1v) is 10.3. The highest BCUT2D eigenvalue weighted by Gasteiger charge is 1.94. The van der Waals surface area contributed by atoms with Crippen molar-refractivity contribution in [2.24, 2.45) is 0 Å². The van der Waals surface area contributed by atoms with Gasteiger partial charge in [0.15, 0.2) is 0 Å². The molecule has 0 aliphatic heterocycles. The van der Waals surface area contributed by atoms with Gasteiger partial charge in [-0.1, -0.05) is 77.6 Å². The molecule has 146 valence electrons. The van der Waals surface area contributed by atoms with Gasteiger partial charge in [-0.05, 0) is 6.42 Å². The van der Waals surface area contributed by atoms with Gasteiger partial charge in [-0.2, -0.15) is 0 Å². The zero-order chi connectivity index (χ0) is 17.6. The SMILES string of the molecule is CCCCCCCCCCCCCCOCCOCCOC[14CH2]O. The van der Waals surface area contributed by atoms with E-state index < -0.39 is 0 Å². The van der Waals surface area contributed by atoms with E-state index in [2.05, 4.69) is 6.92 Å². The minimum atomic E-state index is 0.0716. The lowest BCUT2D eigenvalue weighted by Crippen LogP contribution is -2.11. The Balaban J connectivity index is 2.93. The lowest BCUT2D eigenvalue weighted by atomic mass is 10.1. The first-order valence-electron chi connectivity index (χ1n) is 10.3. The molecule has 0 rings (SSSR count). The lowest BCUT2D eigenvalue weighted by molar-refractivity contribution is 0.00719. The maximum atomic E-state index is 8.53. The van der Waals surface area contributed by atoms with Crippen LogP contribution in [0.2, 0.25) is 0 Å². The topological polar surface area (TPSA) is 47.9 Å². The molecule has 0 fully saturated rings. The fourth-order valence-corrected chi connectivity index (χ4v) is 2.65. The summed E-state index contributed by atoms with van der Waals surface area (Å²) in [4.78, 5) is 0. The van der Waals surface area contributed by atoms with Crippen LogP contribution in [0.4, 0.5) is 0 Å². The zero-order valence-electron chi connectivity index (χ0n) is 16.1. The van der Waals surface area contributed by atoms with E-state index in [1.165, 1.54) is 70.6 Å². The van der Waals surface area contributed by atoms with Gasteiger partial charge < -0.3 is 19.3 Å². The summed E-state index contributed by atoms with van der Waals surface area (Å²) in [5.41, 5.74) is 0. The van der Waals surface area contributed by atoms with Crippen LogP contribution < -0.4 is 0 Å². The first-order chi connectivity index (χ1) is 11.9. The number of rotatable bonds is 21. The van der Waals surface area contributed by atoms with Crippen LogP contribution in [0.25, 0.3) is 0 Å². The van der Waals surface area contributed by atoms with Crippen LogP contribution in [0.15, 0.2) is 0 Å². The van der Waals surface area contributed by atoms with E-state index in [9.17, 15) is 0 Å². The molecule has 0 amide bonds. The zero-order valence-corrected chi connectivity index (χ0v) is 16.1. The number of hydrogen-bond acceptors (Lipinski definition) is 4. The highest BCUT2D eigenvalue weighted by atomic mass is 16.6. The van der Waals surface area contributed by atoms with Crippen LogP contribution in [0.3, 0.4) is 0 Å². The quantitative estimate of drug-likeness (QED) is 0.305. The predicted molar refractivity (Wildman–Crippen MR) is 101 cm³/mol. The molecule has 1 N–H and O–H groups in total. The summed E-state index contributed by atoms with van der Waals surface area (Å²) in [6.45, 7) is 5.99. The molecule has 0 spiro atoms. The standard InChI is InChI=1S/C20H42O4/c1-2-3-4-5-6-7-8-9-10-11-12-13-15-22-17-19-24-20-18-23-16-14-21/h21H,2-20H2,1H3/i14+2. The minimum Gasteiger partial charge on any atom is -0.394 e. The molecule has 0 aromatic heterocycles. The Morgan fingerprint density at radius 2 is 0.958 bits per heavy atom. The first kappa shape index (κ1) is 23.8. The fourth-order valence-electron chi connectivity index (χ4n) is 2.65.